The van der Waals surface area contributed by atoms with Gasteiger partial charge in [-0.05, 0) is 35.4 Å². The van der Waals surface area contributed by atoms with Gasteiger partial charge >= 0.3 is 0 Å². The van der Waals surface area contributed by atoms with Crippen LogP contribution in [0.15, 0.2) is 9.66 Å². The Balaban J connectivity index is 2.21. The Morgan fingerprint density at radius 2 is 2.09 bits per heavy atom. The molecule has 0 aromatic carbocycles. The molecule has 1 fully saturated rings. The molecule has 1 aliphatic carbocycles. The quantitative estimate of drug-likeness (QED) is 0.626. The maximum atomic E-state index is 5.60. The van der Waals surface area contributed by atoms with E-state index in [0.717, 1.165) is 19.6 Å². The molecule has 2 rings (SSSR count). The largest absolute Gasteiger partial charge is 0.343 e. The van der Waals surface area contributed by atoms with Crippen LogP contribution in [0.5, 0.6) is 0 Å². The van der Waals surface area contributed by atoms with Gasteiger partial charge in [-0.25, -0.2) is 0 Å². The van der Waals surface area contributed by atoms with Crippen molar-refractivity contribution in [2.45, 2.75) is 25.0 Å². The lowest BCUT2D eigenvalue weighted by Gasteiger charge is -2.29. The second-order valence-electron chi connectivity index (χ2n) is 2.89. The molecule has 1 aliphatic heterocycles. The van der Waals surface area contributed by atoms with Crippen molar-refractivity contribution >= 4 is 22.6 Å². The topological polar surface area (TPSA) is 18.5 Å². The van der Waals surface area contributed by atoms with Gasteiger partial charge in [0.15, 0.2) is 5.79 Å². The highest BCUT2D eigenvalue weighted by Crippen LogP contribution is 2.39. The van der Waals surface area contributed by atoms with E-state index >= 15 is 0 Å². The third-order valence-corrected chi connectivity index (χ3v) is 3.41. The normalized spacial score (nSPS) is 29.0. The summed E-state index contributed by atoms with van der Waals surface area (Å²) in [6.07, 6.45) is 5.61. The lowest BCUT2D eigenvalue weighted by molar-refractivity contribution is -0.126. The minimum absolute atomic E-state index is 0.321. The van der Waals surface area contributed by atoms with Crippen LogP contribution in [-0.2, 0) is 9.47 Å². The van der Waals surface area contributed by atoms with Crippen molar-refractivity contribution in [2.24, 2.45) is 0 Å². The van der Waals surface area contributed by atoms with Gasteiger partial charge in [0, 0.05) is 10.0 Å². The van der Waals surface area contributed by atoms with Crippen LogP contribution in [0.3, 0.4) is 0 Å². The molecule has 1 heterocycles. The van der Waals surface area contributed by atoms with E-state index in [0.29, 0.717) is 0 Å². The summed E-state index contributed by atoms with van der Waals surface area (Å²) in [5.74, 6) is -0.321. The van der Waals surface area contributed by atoms with Crippen LogP contribution in [0.2, 0.25) is 0 Å². The van der Waals surface area contributed by atoms with Crippen LogP contribution in [0, 0.1) is 0 Å². The van der Waals surface area contributed by atoms with E-state index in [1.165, 1.54) is 16.4 Å². The summed E-state index contributed by atoms with van der Waals surface area (Å²) in [6, 6.07) is 0. The van der Waals surface area contributed by atoms with Gasteiger partial charge in [-0.3, -0.25) is 0 Å². The third kappa shape index (κ3) is 1.34. The predicted octanol–water partition coefficient (Wildman–Crippen LogP) is 2.23. The first-order valence-electron chi connectivity index (χ1n) is 3.98. The number of hydrogen-bond donors (Lipinski definition) is 0. The number of hydrogen-bond acceptors (Lipinski definition) is 2. The molecule has 11 heavy (non-hydrogen) atoms. The number of ether oxygens (including phenoxy) is 2. The Labute approximate surface area is 80.1 Å². The Kier molecular flexibility index (Phi) is 2.21. The Hall–Kier alpha value is 0.390. The Morgan fingerprint density at radius 3 is 2.73 bits per heavy atom. The maximum absolute atomic E-state index is 5.60. The minimum atomic E-state index is -0.321. The number of allylic oxidation sites excluding steroid dienone is 1. The molecule has 0 aromatic rings. The summed E-state index contributed by atoms with van der Waals surface area (Å²) in [7, 11) is 0. The van der Waals surface area contributed by atoms with E-state index in [2.05, 4.69) is 28.7 Å². The molecule has 0 unspecified atom stereocenters. The van der Waals surface area contributed by atoms with Crippen molar-refractivity contribution in [1.29, 1.82) is 0 Å². The van der Waals surface area contributed by atoms with E-state index in [9.17, 15) is 0 Å². The standard InChI is InChI=1S/C8H11IO2/c9-7-3-1-2-4-8(7)10-5-6-11-8/h3H,1-2,4-6H2. The van der Waals surface area contributed by atoms with Gasteiger partial charge in [0.1, 0.15) is 0 Å². The summed E-state index contributed by atoms with van der Waals surface area (Å²) in [6.45, 7) is 1.50. The molecule has 0 aromatic heterocycles. The predicted molar refractivity (Wildman–Crippen MR) is 50.6 cm³/mol. The average molecular weight is 266 g/mol. The van der Waals surface area contributed by atoms with Crippen molar-refractivity contribution in [3.8, 4) is 0 Å². The molecular formula is C8H11IO2. The molecule has 0 radical (unpaired) electrons. The highest BCUT2D eigenvalue weighted by Gasteiger charge is 2.40. The third-order valence-electron chi connectivity index (χ3n) is 2.15. The molecule has 2 nitrogen and oxygen atoms in total. The summed E-state index contributed by atoms with van der Waals surface area (Å²) in [5, 5.41) is 0. The minimum Gasteiger partial charge on any atom is -0.343 e. The average Bonchev–Trinajstić information content (AvgIpc) is 2.46. The van der Waals surface area contributed by atoms with Crippen molar-refractivity contribution in [2.75, 3.05) is 13.2 Å². The zero-order valence-electron chi connectivity index (χ0n) is 6.31. The first kappa shape index (κ1) is 8.01. The fourth-order valence-electron chi connectivity index (χ4n) is 1.58. The smallest absolute Gasteiger partial charge is 0.200 e. The van der Waals surface area contributed by atoms with E-state index in [-0.39, 0.29) is 5.79 Å². The first-order chi connectivity index (χ1) is 5.33. The van der Waals surface area contributed by atoms with Gasteiger partial charge in [0.2, 0.25) is 0 Å². The Morgan fingerprint density at radius 1 is 1.36 bits per heavy atom. The molecule has 0 bridgehead atoms. The highest BCUT2D eigenvalue weighted by molar-refractivity contribution is 14.1. The zero-order chi connectivity index (χ0) is 7.73. The van der Waals surface area contributed by atoms with E-state index in [1.807, 2.05) is 0 Å². The van der Waals surface area contributed by atoms with Crippen molar-refractivity contribution in [3.63, 3.8) is 0 Å². The summed E-state index contributed by atoms with van der Waals surface area (Å²) in [5.41, 5.74) is 0. The van der Waals surface area contributed by atoms with Crippen LogP contribution in [0.4, 0.5) is 0 Å². The van der Waals surface area contributed by atoms with E-state index < -0.39 is 0 Å². The fraction of sp³-hybridized carbons (Fsp3) is 0.750. The monoisotopic (exact) mass is 266 g/mol. The van der Waals surface area contributed by atoms with Crippen LogP contribution < -0.4 is 0 Å². The second-order valence-corrected chi connectivity index (χ2v) is 4.06. The summed E-state index contributed by atoms with van der Waals surface area (Å²) < 4.78 is 12.4. The zero-order valence-corrected chi connectivity index (χ0v) is 8.46. The molecule has 1 saturated heterocycles. The Bertz CT molecular complexity index is 183. The molecular weight excluding hydrogens is 255 g/mol. The van der Waals surface area contributed by atoms with Gasteiger partial charge in [-0.15, -0.1) is 0 Å². The van der Waals surface area contributed by atoms with Gasteiger partial charge in [-0.1, -0.05) is 6.08 Å². The van der Waals surface area contributed by atoms with Crippen LogP contribution in [0.1, 0.15) is 19.3 Å². The molecule has 0 atom stereocenters. The maximum Gasteiger partial charge on any atom is 0.200 e. The van der Waals surface area contributed by atoms with Crippen molar-refractivity contribution < 1.29 is 9.47 Å². The van der Waals surface area contributed by atoms with Gasteiger partial charge in [-0.2, -0.15) is 0 Å². The molecule has 62 valence electrons. The first-order valence-corrected chi connectivity index (χ1v) is 5.05. The lowest BCUT2D eigenvalue weighted by atomic mass is 10.0. The number of halogens is 1. The highest BCUT2D eigenvalue weighted by atomic mass is 127. The van der Waals surface area contributed by atoms with Gasteiger partial charge in [0.25, 0.3) is 0 Å². The van der Waals surface area contributed by atoms with Gasteiger partial charge in [0.05, 0.1) is 13.2 Å². The van der Waals surface area contributed by atoms with E-state index in [4.69, 9.17) is 9.47 Å². The van der Waals surface area contributed by atoms with Crippen LogP contribution in [-0.4, -0.2) is 19.0 Å². The van der Waals surface area contributed by atoms with Crippen molar-refractivity contribution in [3.05, 3.63) is 9.66 Å². The summed E-state index contributed by atoms with van der Waals surface area (Å²) >= 11 is 2.32. The molecule has 0 N–H and O–H groups in total. The SMILES string of the molecule is IC1=CCCCC12OCCO2. The summed E-state index contributed by atoms with van der Waals surface area (Å²) in [4.78, 5) is 0. The fourth-order valence-corrected chi connectivity index (χ4v) is 2.47. The second kappa shape index (κ2) is 3.03. The van der Waals surface area contributed by atoms with Crippen LogP contribution in [0.25, 0.3) is 0 Å². The van der Waals surface area contributed by atoms with Crippen LogP contribution >= 0.6 is 22.6 Å². The molecule has 0 saturated carbocycles. The molecule has 3 heteroatoms. The van der Waals surface area contributed by atoms with Crippen molar-refractivity contribution in [1.82, 2.24) is 0 Å². The number of rotatable bonds is 0. The molecule has 2 aliphatic rings. The molecule has 1 spiro atoms. The van der Waals surface area contributed by atoms with Gasteiger partial charge < -0.3 is 9.47 Å². The molecule has 0 amide bonds. The van der Waals surface area contributed by atoms with E-state index in [1.54, 1.807) is 0 Å². The lowest BCUT2D eigenvalue weighted by Crippen LogP contribution is -2.32.